The van der Waals surface area contributed by atoms with Crippen molar-refractivity contribution < 1.29 is 14.6 Å². The Bertz CT molecular complexity index is 164. The van der Waals surface area contributed by atoms with Crippen molar-refractivity contribution in [2.75, 3.05) is 40.4 Å². The van der Waals surface area contributed by atoms with E-state index in [1.54, 1.807) is 0 Å². The number of carbonyl (C=O) groups is 1. The lowest BCUT2D eigenvalue weighted by Gasteiger charge is -2.18. The molecule has 0 spiro atoms. The van der Waals surface area contributed by atoms with Gasteiger partial charge in [0, 0.05) is 20.2 Å². The van der Waals surface area contributed by atoms with Crippen molar-refractivity contribution in [1.29, 1.82) is 0 Å². The smallest absolute Gasteiger partial charge is 0.246 e. The van der Waals surface area contributed by atoms with E-state index in [1.165, 1.54) is 7.11 Å². The maximum atomic E-state index is 10.9. The molecule has 0 aliphatic rings. The summed E-state index contributed by atoms with van der Waals surface area (Å²) < 4.78 is 4.63. The zero-order chi connectivity index (χ0) is 11.0. The number of ether oxygens (including phenoxy) is 1. The van der Waals surface area contributed by atoms with E-state index in [9.17, 15) is 9.90 Å². The van der Waals surface area contributed by atoms with Crippen LogP contribution in [-0.2, 0) is 9.53 Å². The third kappa shape index (κ3) is 6.82. The molecular formula is C9H20N2O3. The van der Waals surface area contributed by atoms with Crippen LogP contribution in [0.4, 0.5) is 0 Å². The number of methoxy groups -OCH3 is 1. The highest BCUT2D eigenvalue weighted by molar-refractivity contribution is 5.77. The minimum atomic E-state index is -0.527. The summed E-state index contributed by atoms with van der Waals surface area (Å²) in [4.78, 5) is 12.9. The van der Waals surface area contributed by atoms with Gasteiger partial charge in [0.15, 0.2) is 0 Å². The molecule has 0 rings (SSSR count). The second-order valence-electron chi connectivity index (χ2n) is 3.25. The maximum absolute atomic E-state index is 10.9. The molecule has 0 aliphatic carbocycles. The van der Waals surface area contributed by atoms with Gasteiger partial charge in [0.1, 0.15) is 6.61 Å². The first-order chi connectivity index (χ1) is 6.60. The Kier molecular flexibility index (Phi) is 7.37. The molecule has 0 aliphatic heterocycles. The van der Waals surface area contributed by atoms with Gasteiger partial charge < -0.3 is 20.1 Å². The number of aliphatic hydroxyl groups is 1. The van der Waals surface area contributed by atoms with Gasteiger partial charge in [-0.2, -0.15) is 0 Å². The van der Waals surface area contributed by atoms with Crippen LogP contribution in [0.2, 0.25) is 0 Å². The molecule has 0 radical (unpaired) electrons. The molecule has 5 heteroatoms. The van der Waals surface area contributed by atoms with Crippen molar-refractivity contribution in [1.82, 2.24) is 10.2 Å². The summed E-state index contributed by atoms with van der Waals surface area (Å²) in [5.74, 6) is -0.203. The molecule has 0 saturated carbocycles. The third-order valence-electron chi connectivity index (χ3n) is 1.87. The highest BCUT2D eigenvalue weighted by Gasteiger charge is 2.08. The Morgan fingerprint density at radius 1 is 1.64 bits per heavy atom. The van der Waals surface area contributed by atoms with Crippen LogP contribution in [0.25, 0.3) is 0 Å². The van der Waals surface area contributed by atoms with Crippen LogP contribution >= 0.6 is 0 Å². The molecule has 0 unspecified atom stereocenters. The molecule has 0 bridgehead atoms. The molecule has 0 saturated heterocycles. The Balaban J connectivity index is 3.52. The molecule has 0 aromatic carbocycles. The number of aliphatic hydroxyl groups excluding tert-OH is 1. The molecule has 0 aromatic heterocycles. The molecule has 0 fully saturated rings. The number of rotatable bonds is 7. The Morgan fingerprint density at radius 3 is 2.79 bits per heavy atom. The monoisotopic (exact) mass is 204 g/mol. The zero-order valence-electron chi connectivity index (χ0n) is 9.12. The molecule has 2 N–H and O–H groups in total. The zero-order valence-corrected chi connectivity index (χ0v) is 9.12. The highest BCUT2D eigenvalue weighted by Crippen LogP contribution is 1.87. The van der Waals surface area contributed by atoms with E-state index in [0.717, 1.165) is 6.54 Å². The standard InChI is InChI=1S/C9H20N2O3/c1-4-11(2)6-8(12)5-10-9(13)7-14-3/h8,12H,4-7H2,1-3H3,(H,10,13)/t8-/m1/s1. The number of carbonyl (C=O) groups excluding carboxylic acids is 1. The van der Waals surface area contributed by atoms with E-state index in [4.69, 9.17) is 0 Å². The normalized spacial score (nSPS) is 12.9. The van der Waals surface area contributed by atoms with Crippen LogP contribution in [0.15, 0.2) is 0 Å². The number of likely N-dealkylation sites (N-methyl/N-ethyl adjacent to an activating group) is 1. The predicted molar refractivity (Wildman–Crippen MR) is 54.1 cm³/mol. The highest BCUT2D eigenvalue weighted by atomic mass is 16.5. The van der Waals surface area contributed by atoms with Crippen LogP contribution in [0, 0.1) is 0 Å². The Hall–Kier alpha value is -0.650. The average molecular weight is 204 g/mol. The van der Waals surface area contributed by atoms with Crippen LogP contribution in [0.5, 0.6) is 0 Å². The first kappa shape index (κ1) is 13.4. The van der Waals surface area contributed by atoms with Crippen molar-refractivity contribution >= 4 is 5.91 Å². The van der Waals surface area contributed by atoms with Crippen molar-refractivity contribution in [3.8, 4) is 0 Å². The third-order valence-corrected chi connectivity index (χ3v) is 1.87. The summed E-state index contributed by atoms with van der Waals surface area (Å²) in [7, 11) is 3.38. The van der Waals surface area contributed by atoms with Gasteiger partial charge in [0.2, 0.25) is 5.91 Å². The van der Waals surface area contributed by atoms with E-state index in [1.807, 2.05) is 18.9 Å². The lowest BCUT2D eigenvalue weighted by molar-refractivity contribution is -0.125. The maximum Gasteiger partial charge on any atom is 0.246 e. The second kappa shape index (κ2) is 7.73. The fraction of sp³-hybridized carbons (Fsp3) is 0.889. The number of hydrogen-bond donors (Lipinski definition) is 2. The number of hydrogen-bond acceptors (Lipinski definition) is 4. The lowest BCUT2D eigenvalue weighted by atomic mass is 10.3. The van der Waals surface area contributed by atoms with Gasteiger partial charge in [0.05, 0.1) is 6.10 Å². The summed E-state index contributed by atoms with van der Waals surface area (Å²) in [5.41, 5.74) is 0. The van der Waals surface area contributed by atoms with Gasteiger partial charge in [-0.1, -0.05) is 6.92 Å². The molecule has 84 valence electrons. The molecule has 5 nitrogen and oxygen atoms in total. The first-order valence-corrected chi connectivity index (χ1v) is 4.72. The fourth-order valence-electron chi connectivity index (χ4n) is 0.967. The van der Waals surface area contributed by atoms with Gasteiger partial charge in [-0.05, 0) is 13.6 Å². The van der Waals surface area contributed by atoms with Crippen LogP contribution in [0.3, 0.4) is 0 Å². The fourth-order valence-corrected chi connectivity index (χ4v) is 0.967. The molecule has 0 heterocycles. The first-order valence-electron chi connectivity index (χ1n) is 4.72. The van der Waals surface area contributed by atoms with E-state index in [-0.39, 0.29) is 19.1 Å². The summed E-state index contributed by atoms with van der Waals surface area (Å²) in [6.45, 7) is 3.76. The average Bonchev–Trinajstić information content (AvgIpc) is 2.15. The molecule has 0 aromatic rings. The van der Waals surface area contributed by atoms with Gasteiger partial charge >= 0.3 is 0 Å². The van der Waals surface area contributed by atoms with E-state index in [0.29, 0.717) is 6.54 Å². The van der Waals surface area contributed by atoms with E-state index < -0.39 is 6.10 Å². The number of amides is 1. The summed E-state index contributed by atoms with van der Waals surface area (Å²) in [5, 5.41) is 12.0. The minimum Gasteiger partial charge on any atom is -0.390 e. The molecular weight excluding hydrogens is 184 g/mol. The topological polar surface area (TPSA) is 61.8 Å². The Morgan fingerprint density at radius 2 is 2.29 bits per heavy atom. The van der Waals surface area contributed by atoms with E-state index >= 15 is 0 Å². The summed E-state index contributed by atoms with van der Waals surface area (Å²) in [6, 6.07) is 0. The largest absolute Gasteiger partial charge is 0.390 e. The SMILES string of the molecule is CCN(C)C[C@H](O)CNC(=O)COC. The molecule has 14 heavy (non-hydrogen) atoms. The summed E-state index contributed by atoms with van der Waals surface area (Å²) in [6.07, 6.45) is -0.527. The van der Waals surface area contributed by atoms with Crippen molar-refractivity contribution in [2.24, 2.45) is 0 Å². The molecule has 1 amide bonds. The summed E-state index contributed by atoms with van der Waals surface area (Å²) >= 11 is 0. The van der Waals surface area contributed by atoms with Crippen LogP contribution in [-0.4, -0.2) is 62.4 Å². The van der Waals surface area contributed by atoms with Crippen molar-refractivity contribution in [3.05, 3.63) is 0 Å². The van der Waals surface area contributed by atoms with Gasteiger partial charge in [-0.25, -0.2) is 0 Å². The number of nitrogens with zero attached hydrogens (tertiary/aromatic N) is 1. The lowest BCUT2D eigenvalue weighted by Crippen LogP contribution is -2.39. The van der Waals surface area contributed by atoms with Crippen LogP contribution < -0.4 is 5.32 Å². The predicted octanol–water partition coefficient (Wildman–Crippen LogP) is -0.938. The minimum absolute atomic E-state index is 0.0380. The second-order valence-corrected chi connectivity index (χ2v) is 3.25. The van der Waals surface area contributed by atoms with Gasteiger partial charge in [0.25, 0.3) is 0 Å². The van der Waals surface area contributed by atoms with Crippen molar-refractivity contribution in [2.45, 2.75) is 13.0 Å². The quantitative estimate of drug-likeness (QED) is 0.562. The molecule has 1 atom stereocenters. The van der Waals surface area contributed by atoms with E-state index in [2.05, 4.69) is 10.1 Å². The Labute approximate surface area is 85.0 Å². The van der Waals surface area contributed by atoms with Crippen molar-refractivity contribution in [3.63, 3.8) is 0 Å². The van der Waals surface area contributed by atoms with Gasteiger partial charge in [-0.15, -0.1) is 0 Å². The number of nitrogens with one attached hydrogen (secondary N) is 1. The van der Waals surface area contributed by atoms with Crippen LogP contribution in [0.1, 0.15) is 6.92 Å². The van der Waals surface area contributed by atoms with Gasteiger partial charge in [-0.3, -0.25) is 4.79 Å².